The summed E-state index contributed by atoms with van der Waals surface area (Å²) >= 11 is 0. The Morgan fingerprint density at radius 3 is 2.57 bits per heavy atom. The zero-order valence-corrected chi connectivity index (χ0v) is 20.9. The van der Waals surface area contributed by atoms with Crippen molar-refractivity contribution in [3.05, 3.63) is 78.6 Å². The molecule has 9 nitrogen and oxygen atoms in total. The fraction of sp³-hybridized carbons (Fsp3) is 0.259. The van der Waals surface area contributed by atoms with Gasteiger partial charge < -0.3 is 9.80 Å². The molecule has 2 aromatic carbocycles. The number of hydrogen-bond donors (Lipinski definition) is 1. The summed E-state index contributed by atoms with van der Waals surface area (Å²) in [6.07, 6.45) is 3.66. The lowest BCUT2D eigenvalue weighted by Crippen LogP contribution is -2.51. The number of amides is 1. The fourth-order valence-corrected chi connectivity index (χ4v) is 5.70. The van der Waals surface area contributed by atoms with Crippen molar-refractivity contribution in [2.75, 3.05) is 24.5 Å². The van der Waals surface area contributed by atoms with Crippen LogP contribution in [0.25, 0.3) is 22.3 Å². The Morgan fingerprint density at radius 2 is 1.78 bits per heavy atom. The summed E-state index contributed by atoms with van der Waals surface area (Å²) < 4.78 is 28.6. The maximum atomic E-state index is 13.0. The summed E-state index contributed by atoms with van der Waals surface area (Å²) in [5, 5.41) is 0. The van der Waals surface area contributed by atoms with E-state index in [0.29, 0.717) is 47.2 Å². The van der Waals surface area contributed by atoms with E-state index in [0.717, 1.165) is 18.4 Å². The molecule has 1 saturated heterocycles. The number of benzene rings is 2. The quantitative estimate of drug-likeness (QED) is 0.404. The third-order valence-corrected chi connectivity index (χ3v) is 8.16. The van der Waals surface area contributed by atoms with Crippen LogP contribution in [0.5, 0.6) is 0 Å². The Balaban J connectivity index is 1.28. The molecule has 2 aromatic heterocycles. The summed E-state index contributed by atoms with van der Waals surface area (Å²) in [5.41, 5.74) is 3.39. The van der Waals surface area contributed by atoms with E-state index >= 15 is 0 Å². The number of hydrogen-bond acceptors (Lipinski definition) is 7. The Bertz CT molecular complexity index is 1570. The molecule has 2 aliphatic rings. The van der Waals surface area contributed by atoms with Crippen LogP contribution in [0.4, 0.5) is 5.82 Å². The van der Waals surface area contributed by atoms with Gasteiger partial charge in [-0.15, -0.1) is 0 Å². The minimum Gasteiger partial charge on any atom is -0.344 e. The minimum absolute atomic E-state index is 0.109. The molecular formula is C27H26N6O3S. The molecular weight excluding hydrogens is 488 g/mol. The molecule has 0 atom stereocenters. The predicted molar refractivity (Wildman–Crippen MR) is 140 cm³/mol. The van der Waals surface area contributed by atoms with E-state index in [1.165, 1.54) is 6.33 Å². The topological polar surface area (TPSA) is 108 Å². The average molecular weight is 515 g/mol. The largest absolute Gasteiger partial charge is 0.344 e. The molecule has 0 spiro atoms. The molecule has 6 rings (SSSR count). The molecule has 1 aliphatic heterocycles. The summed E-state index contributed by atoms with van der Waals surface area (Å²) in [4.78, 5) is 30.4. The van der Waals surface area contributed by atoms with Crippen molar-refractivity contribution in [2.24, 2.45) is 0 Å². The molecule has 188 valence electrons. The smallest absolute Gasteiger partial charge is 0.242 e. The number of fused-ring (bicyclic) bond motifs is 1. The molecule has 0 bridgehead atoms. The highest BCUT2D eigenvalue weighted by molar-refractivity contribution is 7.89. The number of rotatable bonds is 7. The first-order valence-corrected chi connectivity index (χ1v) is 13.8. The molecule has 1 saturated carbocycles. The van der Waals surface area contributed by atoms with E-state index in [4.69, 9.17) is 4.98 Å². The molecule has 4 aromatic rings. The lowest BCUT2D eigenvalue weighted by molar-refractivity contribution is -0.131. The van der Waals surface area contributed by atoms with E-state index in [2.05, 4.69) is 14.7 Å². The summed E-state index contributed by atoms with van der Waals surface area (Å²) in [7, 11) is -3.72. The van der Waals surface area contributed by atoms with Gasteiger partial charge in [0, 0.05) is 31.2 Å². The lowest BCUT2D eigenvalue weighted by Gasteiger charge is -2.35. The van der Waals surface area contributed by atoms with Gasteiger partial charge in [0.05, 0.1) is 22.7 Å². The van der Waals surface area contributed by atoms with Gasteiger partial charge >= 0.3 is 0 Å². The molecule has 0 unspecified atom stereocenters. The maximum Gasteiger partial charge on any atom is 0.242 e. The predicted octanol–water partition coefficient (Wildman–Crippen LogP) is 2.98. The average Bonchev–Trinajstić information content (AvgIpc) is 3.77. The van der Waals surface area contributed by atoms with Crippen LogP contribution in [0.3, 0.4) is 0 Å². The molecule has 3 heterocycles. The third-order valence-electron chi connectivity index (χ3n) is 6.76. The van der Waals surface area contributed by atoms with Gasteiger partial charge in [-0.25, -0.2) is 28.1 Å². The Kier molecular flexibility index (Phi) is 6.05. The Morgan fingerprint density at radius 1 is 0.946 bits per heavy atom. The van der Waals surface area contributed by atoms with Crippen LogP contribution < -0.4 is 9.62 Å². The first kappa shape index (κ1) is 23.5. The number of carbonyl (C=O) groups is 1. The number of nitrogens with zero attached hydrogens (tertiary/aromatic N) is 5. The van der Waals surface area contributed by atoms with Crippen molar-refractivity contribution >= 4 is 32.8 Å². The second-order valence-electron chi connectivity index (χ2n) is 9.34. The number of aromatic nitrogens is 3. The van der Waals surface area contributed by atoms with Gasteiger partial charge in [0.25, 0.3) is 0 Å². The van der Waals surface area contributed by atoms with Crippen LogP contribution in [0.1, 0.15) is 18.4 Å². The number of sulfonamides is 1. The third kappa shape index (κ3) is 4.90. The van der Waals surface area contributed by atoms with E-state index in [9.17, 15) is 13.2 Å². The maximum absolute atomic E-state index is 13.0. The van der Waals surface area contributed by atoms with Gasteiger partial charge in [0.2, 0.25) is 15.9 Å². The van der Waals surface area contributed by atoms with E-state index in [1.54, 1.807) is 18.2 Å². The zero-order chi connectivity index (χ0) is 25.4. The Hall–Kier alpha value is -3.89. The van der Waals surface area contributed by atoms with Crippen molar-refractivity contribution < 1.29 is 13.2 Å². The van der Waals surface area contributed by atoms with Gasteiger partial charge in [-0.2, -0.15) is 0 Å². The number of carbonyl (C=O) groups excluding carboxylic acids is 1. The first-order chi connectivity index (χ1) is 18.0. The number of pyridine rings is 1. The molecule has 1 amide bonds. The molecule has 1 aliphatic carbocycles. The normalized spacial score (nSPS) is 16.4. The van der Waals surface area contributed by atoms with Crippen LogP contribution in [0.15, 0.2) is 78.0 Å². The lowest BCUT2D eigenvalue weighted by atomic mass is 10.1. The number of anilines is 1. The van der Waals surface area contributed by atoms with Crippen LogP contribution in [0.2, 0.25) is 0 Å². The van der Waals surface area contributed by atoms with Gasteiger partial charge in [-0.05, 0) is 42.7 Å². The fourth-order valence-electron chi connectivity index (χ4n) is 4.64. The summed E-state index contributed by atoms with van der Waals surface area (Å²) in [6, 6.07) is 20.1. The first-order valence-electron chi connectivity index (χ1n) is 12.3. The van der Waals surface area contributed by atoms with Crippen molar-refractivity contribution in [1.29, 1.82) is 0 Å². The van der Waals surface area contributed by atoms with E-state index in [1.807, 2.05) is 58.3 Å². The molecule has 2 fully saturated rings. The number of nitrogens with one attached hydrogen (secondary N) is 1. The highest BCUT2D eigenvalue weighted by Gasteiger charge is 2.36. The van der Waals surface area contributed by atoms with Gasteiger partial charge in [-0.1, -0.05) is 42.5 Å². The van der Waals surface area contributed by atoms with Gasteiger partial charge in [0.1, 0.15) is 11.8 Å². The molecule has 0 radical (unpaired) electrons. The van der Waals surface area contributed by atoms with Crippen molar-refractivity contribution in [2.45, 2.75) is 30.3 Å². The van der Waals surface area contributed by atoms with E-state index < -0.39 is 10.0 Å². The minimum atomic E-state index is -3.72. The molecule has 10 heteroatoms. The summed E-state index contributed by atoms with van der Waals surface area (Å²) in [5.74, 6) is 0.724. The van der Waals surface area contributed by atoms with Crippen molar-refractivity contribution in [3.8, 4) is 11.3 Å². The number of piperazine rings is 1. The van der Waals surface area contributed by atoms with Gasteiger partial charge in [-0.3, -0.25) is 4.79 Å². The van der Waals surface area contributed by atoms with Crippen molar-refractivity contribution in [1.82, 2.24) is 24.6 Å². The van der Waals surface area contributed by atoms with Gasteiger partial charge in [0.15, 0.2) is 5.82 Å². The monoisotopic (exact) mass is 514 g/mol. The van der Waals surface area contributed by atoms with E-state index in [-0.39, 0.29) is 23.9 Å². The molecule has 1 N–H and O–H groups in total. The van der Waals surface area contributed by atoms with Crippen LogP contribution in [-0.2, 0) is 21.4 Å². The highest BCUT2D eigenvalue weighted by atomic mass is 32.2. The summed E-state index contributed by atoms with van der Waals surface area (Å²) in [6.45, 7) is 1.82. The van der Waals surface area contributed by atoms with Crippen LogP contribution in [0, 0.1) is 0 Å². The standard InChI is InChI=1S/C27H26N6O3S/c34-25-17-32(13-14-33(25)21-9-10-21)27-26-24(28-18-29-27)12-11-23(31-26)20-7-4-8-22(15-20)37(35,36)30-16-19-5-2-1-3-6-19/h1-8,11-12,15,18,21,30H,9-10,13-14,16-17H2. The molecule has 37 heavy (non-hydrogen) atoms. The zero-order valence-electron chi connectivity index (χ0n) is 20.1. The SMILES string of the molecule is O=C1CN(c2ncnc3ccc(-c4cccc(S(=O)(=O)NCc5ccccc5)c4)nc23)CCN1C1CC1. The second-order valence-corrected chi connectivity index (χ2v) is 11.1. The highest BCUT2D eigenvalue weighted by Crippen LogP contribution is 2.31. The van der Waals surface area contributed by atoms with Crippen LogP contribution in [-0.4, -0.2) is 59.9 Å². The Labute approximate surface area is 215 Å². The second kappa shape index (κ2) is 9.53. The van der Waals surface area contributed by atoms with Crippen LogP contribution >= 0.6 is 0 Å². The van der Waals surface area contributed by atoms with Crippen molar-refractivity contribution in [3.63, 3.8) is 0 Å².